The number of aryl methyl sites for hydroxylation is 2. The second-order valence-corrected chi connectivity index (χ2v) is 7.41. The molecule has 3 heterocycles. The summed E-state index contributed by atoms with van der Waals surface area (Å²) in [5, 5.41) is 13.3. The van der Waals surface area contributed by atoms with Gasteiger partial charge in [0.25, 0.3) is 0 Å². The summed E-state index contributed by atoms with van der Waals surface area (Å²) in [6.07, 6.45) is 1.00. The van der Waals surface area contributed by atoms with Crippen LogP contribution in [0.15, 0.2) is 12.1 Å². The molecule has 0 spiro atoms. The van der Waals surface area contributed by atoms with E-state index in [1.165, 1.54) is 11.3 Å². The standard InChI is InChI=1S/C18H25N5O3S/c1-4-16-21-22-18(27-16)20-13-9-12(2)19-14(10-13)15-11-23(6-8-26-15)17(24)5-7-25-3/h9-10,15H,4-8,11H2,1-3H3,(H,19,20,22)/t15-/m1/s1. The molecule has 1 aliphatic rings. The van der Waals surface area contributed by atoms with E-state index in [2.05, 4.69) is 27.4 Å². The predicted molar refractivity (Wildman–Crippen MR) is 103 cm³/mol. The molecule has 1 N–H and O–H groups in total. The van der Waals surface area contributed by atoms with Crippen molar-refractivity contribution >= 4 is 28.1 Å². The van der Waals surface area contributed by atoms with Crippen LogP contribution in [-0.4, -0.2) is 59.4 Å². The lowest BCUT2D eigenvalue weighted by Gasteiger charge is -2.33. The lowest BCUT2D eigenvalue weighted by molar-refractivity contribution is -0.140. The van der Waals surface area contributed by atoms with Crippen molar-refractivity contribution in [2.24, 2.45) is 0 Å². The smallest absolute Gasteiger partial charge is 0.225 e. The number of morpholine rings is 1. The molecule has 9 heteroatoms. The number of anilines is 2. The zero-order valence-corrected chi connectivity index (χ0v) is 16.7. The molecule has 0 bridgehead atoms. The number of ether oxygens (including phenoxy) is 2. The molecule has 1 aliphatic heterocycles. The van der Waals surface area contributed by atoms with Crippen molar-refractivity contribution in [3.63, 3.8) is 0 Å². The highest BCUT2D eigenvalue weighted by Gasteiger charge is 2.26. The Labute approximate surface area is 162 Å². The van der Waals surface area contributed by atoms with E-state index in [-0.39, 0.29) is 12.0 Å². The summed E-state index contributed by atoms with van der Waals surface area (Å²) in [4.78, 5) is 18.7. The van der Waals surface area contributed by atoms with Crippen molar-refractivity contribution in [3.8, 4) is 0 Å². The lowest BCUT2D eigenvalue weighted by Crippen LogP contribution is -2.42. The van der Waals surface area contributed by atoms with Crippen LogP contribution in [0.3, 0.4) is 0 Å². The van der Waals surface area contributed by atoms with Crippen molar-refractivity contribution in [1.82, 2.24) is 20.1 Å². The van der Waals surface area contributed by atoms with E-state index < -0.39 is 0 Å². The Morgan fingerprint density at radius 2 is 2.30 bits per heavy atom. The van der Waals surface area contributed by atoms with Crippen LogP contribution in [0, 0.1) is 6.92 Å². The summed E-state index contributed by atoms with van der Waals surface area (Å²) >= 11 is 1.54. The van der Waals surface area contributed by atoms with Crippen LogP contribution in [0.4, 0.5) is 10.8 Å². The highest BCUT2D eigenvalue weighted by molar-refractivity contribution is 7.15. The number of methoxy groups -OCH3 is 1. The molecule has 1 atom stereocenters. The molecule has 0 aliphatic carbocycles. The van der Waals surface area contributed by atoms with E-state index in [0.29, 0.717) is 32.7 Å². The highest BCUT2D eigenvalue weighted by Crippen LogP contribution is 2.27. The number of carbonyl (C=O) groups excluding carboxylic acids is 1. The first-order valence-electron chi connectivity index (χ1n) is 9.05. The molecule has 2 aromatic rings. The van der Waals surface area contributed by atoms with E-state index in [4.69, 9.17) is 9.47 Å². The number of hydrogen-bond acceptors (Lipinski definition) is 8. The average Bonchev–Trinajstić information content (AvgIpc) is 3.13. The van der Waals surface area contributed by atoms with Gasteiger partial charge in [0.1, 0.15) is 11.1 Å². The van der Waals surface area contributed by atoms with Crippen molar-refractivity contribution < 1.29 is 14.3 Å². The molecule has 3 rings (SSSR count). The van der Waals surface area contributed by atoms with Gasteiger partial charge >= 0.3 is 0 Å². The van der Waals surface area contributed by atoms with Gasteiger partial charge in [-0.1, -0.05) is 18.3 Å². The molecule has 1 saturated heterocycles. The van der Waals surface area contributed by atoms with Gasteiger partial charge in [0, 0.05) is 25.0 Å². The maximum absolute atomic E-state index is 12.3. The normalized spacial score (nSPS) is 17.1. The Kier molecular flexibility index (Phi) is 6.70. The number of hydrogen-bond donors (Lipinski definition) is 1. The molecule has 0 saturated carbocycles. The molecule has 0 radical (unpaired) electrons. The van der Waals surface area contributed by atoms with Gasteiger partial charge in [0.05, 0.1) is 31.9 Å². The van der Waals surface area contributed by atoms with Gasteiger partial charge in [-0.15, -0.1) is 10.2 Å². The van der Waals surface area contributed by atoms with Crippen LogP contribution in [0.25, 0.3) is 0 Å². The van der Waals surface area contributed by atoms with Crippen LogP contribution in [0.1, 0.15) is 35.8 Å². The summed E-state index contributed by atoms with van der Waals surface area (Å²) in [6.45, 7) is 6.02. The van der Waals surface area contributed by atoms with Crippen LogP contribution in [0.2, 0.25) is 0 Å². The first-order valence-corrected chi connectivity index (χ1v) is 9.87. The largest absolute Gasteiger partial charge is 0.384 e. The highest BCUT2D eigenvalue weighted by atomic mass is 32.1. The Balaban J connectivity index is 1.71. The van der Waals surface area contributed by atoms with Crippen molar-refractivity contribution in [2.45, 2.75) is 32.8 Å². The number of pyridine rings is 1. The fourth-order valence-corrected chi connectivity index (χ4v) is 3.60. The second-order valence-electron chi connectivity index (χ2n) is 6.34. The second kappa shape index (κ2) is 9.20. The summed E-state index contributed by atoms with van der Waals surface area (Å²) in [6, 6.07) is 3.91. The monoisotopic (exact) mass is 391 g/mol. The van der Waals surface area contributed by atoms with E-state index in [1.54, 1.807) is 7.11 Å². The van der Waals surface area contributed by atoms with Gasteiger partial charge in [-0.2, -0.15) is 0 Å². The van der Waals surface area contributed by atoms with E-state index in [0.717, 1.165) is 33.6 Å². The van der Waals surface area contributed by atoms with Gasteiger partial charge in [-0.25, -0.2) is 0 Å². The minimum absolute atomic E-state index is 0.0807. The van der Waals surface area contributed by atoms with Crippen LogP contribution < -0.4 is 5.32 Å². The summed E-state index contributed by atoms with van der Waals surface area (Å²) in [5.74, 6) is 0.0807. The molecule has 2 aromatic heterocycles. The SMILES string of the molecule is CCc1nnc(Nc2cc(C)nc([C@H]3CN(C(=O)CCOC)CCO3)c2)s1. The molecular weight excluding hydrogens is 366 g/mol. The molecule has 8 nitrogen and oxygen atoms in total. The molecule has 0 aromatic carbocycles. The Hall–Kier alpha value is -2.10. The number of nitrogens with zero attached hydrogens (tertiary/aromatic N) is 4. The lowest BCUT2D eigenvalue weighted by atomic mass is 10.1. The summed E-state index contributed by atoms with van der Waals surface area (Å²) in [5.41, 5.74) is 2.58. The Bertz CT molecular complexity index is 782. The molecule has 1 fully saturated rings. The predicted octanol–water partition coefficient (Wildman–Crippen LogP) is 2.48. The first kappa shape index (κ1) is 19.7. The zero-order valence-electron chi connectivity index (χ0n) is 15.9. The van der Waals surface area contributed by atoms with Crippen molar-refractivity contribution in [1.29, 1.82) is 0 Å². The average molecular weight is 391 g/mol. The number of nitrogens with one attached hydrogen (secondary N) is 1. The van der Waals surface area contributed by atoms with Gasteiger partial charge < -0.3 is 19.7 Å². The number of amides is 1. The number of rotatable bonds is 7. The zero-order chi connectivity index (χ0) is 19.2. The maximum atomic E-state index is 12.3. The molecule has 1 amide bonds. The Morgan fingerprint density at radius 3 is 3.04 bits per heavy atom. The van der Waals surface area contributed by atoms with Crippen molar-refractivity contribution in [2.75, 3.05) is 38.7 Å². The summed E-state index contributed by atoms with van der Waals surface area (Å²) in [7, 11) is 1.60. The first-order chi connectivity index (χ1) is 13.1. The van der Waals surface area contributed by atoms with Gasteiger partial charge in [-0.3, -0.25) is 9.78 Å². The van der Waals surface area contributed by atoms with Crippen LogP contribution in [-0.2, 0) is 20.7 Å². The third kappa shape index (κ3) is 5.21. The van der Waals surface area contributed by atoms with Gasteiger partial charge in [0.2, 0.25) is 11.0 Å². The Morgan fingerprint density at radius 1 is 1.44 bits per heavy atom. The fourth-order valence-electron chi connectivity index (χ4n) is 2.90. The van der Waals surface area contributed by atoms with Crippen LogP contribution >= 0.6 is 11.3 Å². The van der Waals surface area contributed by atoms with Crippen molar-refractivity contribution in [3.05, 3.63) is 28.5 Å². The molecule has 27 heavy (non-hydrogen) atoms. The topological polar surface area (TPSA) is 89.5 Å². The molecule has 0 unspecified atom stereocenters. The minimum atomic E-state index is -0.244. The maximum Gasteiger partial charge on any atom is 0.225 e. The van der Waals surface area contributed by atoms with Gasteiger partial charge in [-0.05, 0) is 25.5 Å². The molecule has 146 valence electrons. The minimum Gasteiger partial charge on any atom is -0.384 e. The third-order valence-electron chi connectivity index (χ3n) is 4.26. The van der Waals surface area contributed by atoms with Crippen LogP contribution in [0.5, 0.6) is 0 Å². The van der Waals surface area contributed by atoms with Gasteiger partial charge in [0.15, 0.2) is 0 Å². The fraction of sp³-hybridized carbons (Fsp3) is 0.556. The number of carbonyl (C=O) groups is 1. The van der Waals surface area contributed by atoms with E-state index in [9.17, 15) is 4.79 Å². The molecular formula is C18H25N5O3S. The van der Waals surface area contributed by atoms with E-state index in [1.807, 2.05) is 24.0 Å². The number of aromatic nitrogens is 3. The third-order valence-corrected chi connectivity index (χ3v) is 5.25. The summed E-state index contributed by atoms with van der Waals surface area (Å²) < 4.78 is 10.9. The quantitative estimate of drug-likeness (QED) is 0.775. The van der Waals surface area contributed by atoms with E-state index >= 15 is 0 Å².